The molecule has 1 aromatic carbocycles. The maximum absolute atomic E-state index is 9.74. The largest absolute Gasteiger partial charge is 0.508 e. The van der Waals surface area contributed by atoms with Crippen LogP contribution in [0, 0.1) is 6.92 Å². The molecular formula is C13H16N2OS. The average molecular weight is 248 g/mol. The van der Waals surface area contributed by atoms with Crippen LogP contribution in [0.25, 0.3) is 0 Å². The molecule has 1 heterocycles. The van der Waals surface area contributed by atoms with Crippen molar-refractivity contribution in [2.45, 2.75) is 19.8 Å². The number of rotatable bonds is 4. The van der Waals surface area contributed by atoms with Crippen molar-refractivity contribution >= 4 is 11.3 Å². The van der Waals surface area contributed by atoms with Crippen LogP contribution in [0.1, 0.15) is 21.1 Å². The Balaban J connectivity index is 2.21. The number of phenolic OH excluding ortho intramolecular Hbond substituents is 1. The number of aryl methyl sites for hydroxylation is 1. The number of thiazole rings is 1. The van der Waals surface area contributed by atoms with E-state index >= 15 is 0 Å². The Morgan fingerprint density at radius 2 is 2.12 bits per heavy atom. The minimum absolute atomic E-state index is 0.348. The molecule has 17 heavy (non-hydrogen) atoms. The van der Waals surface area contributed by atoms with Crippen LogP contribution in [0.4, 0.5) is 0 Å². The fourth-order valence-corrected chi connectivity index (χ4v) is 2.82. The summed E-state index contributed by atoms with van der Waals surface area (Å²) in [6.07, 6.45) is 1.56. The van der Waals surface area contributed by atoms with Gasteiger partial charge in [-0.25, -0.2) is 4.98 Å². The lowest BCUT2D eigenvalue weighted by atomic mass is 10.1. The minimum Gasteiger partial charge on any atom is -0.508 e. The first-order valence-corrected chi connectivity index (χ1v) is 6.44. The lowest BCUT2D eigenvalue weighted by Gasteiger charge is -2.02. The van der Waals surface area contributed by atoms with Gasteiger partial charge in [-0.05, 0) is 25.1 Å². The average Bonchev–Trinajstić information content (AvgIpc) is 2.63. The summed E-state index contributed by atoms with van der Waals surface area (Å²) in [5.74, 6) is 0.348. The maximum Gasteiger partial charge on any atom is 0.119 e. The number of nitrogens with two attached hydrogens (primary N) is 1. The molecule has 0 radical (unpaired) electrons. The molecule has 4 heteroatoms. The van der Waals surface area contributed by atoms with Crippen LogP contribution < -0.4 is 5.73 Å². The summed E-state index contributed by atoms with van der Waals surface area (Å²) in [4.78, 5) is 5.69. The number of benzene rings is 1. The van der Waals surface area contributed by atoms with E-state index in [-0.39, 0.29) is 0 Å². The second kappa shape index (κ2) is 5.29. The Hall–Kier alpha value is -1.39. The van der Waals surface area contributed by atoms with E-state index in [1.54, 1.807) is 17.4 Å². The summed E-state index contributed by atoms with van der Waals surface area (Å²) in [5, 5.41) is 10.8. The van der Waals surface area contributed by atoms with Gasteiger partial charge in [0.1, 0.15) is 5.75 Å². The van der Waals surface area contributed by atoms with Crippen molar-refractivity contribution in [1.82, 2.24) is 4.98 Å². The van der Waals surface area contributed by atoms with E-state index < -0.39 is 0 Å². The van der Waals surface area contributed by atoms with Crippen molar-refractivity contribution in [3.63, 3.8) is 0 Å². The molecule has 0 saturated heterocycles. The van der Waals surface area contributed by atoms with Crippen LogP contribution in [0.3, 0.4) is 0 Å². The van der Waals surface area contributed by atoms with Crippen LogP contribution >= 0.6 is 11.3 Å². The van der Waals surface area contributed by atoms with E-state index in [1.165, 1.54) is 4.88 Å². The van der Waals surface area contributed by atoms with E-state index in [0.29, 0.717) is 12.3 Å². The fraction of sp³-hybridized carbons (Fsp3) is 0.308. The van der Waals surface area contributed by atoms with Crippen LogP contribution in [-0.4, -0.2) is 16.6 Å². The number of hydrogen-bond donors (Lipinski definition) is 2. The number of nitrogens with zero attached hydrogens (tertiary/aromatic N) is 1. The summed E-state index contributed by atoms with van der Waals surface area (Å²) >= 11 is 1.69. The van der Waals surface area contributed by atoms with E-state index in [4.69, 9.17) is 5.73 Å². The number of aromatic nitrogens is 1. The highest BCUT2D eigenvalue weighted by molar-refractivity contribution is 7.11. The molecule has 0 aliphatic heterocycles. The van der Waals surface area contributed by atoms with Gasteiger partial charge in [-0.1, -0.05) is 18.2 Å². The van der Waals surface area contributed by atoms with Crippen molar-refractivity contribution in [3.05, 3.63) is 45.4 Å². The van der Waals surface area contributed by atoms with Gasteiger partial charge in [-0.2, -0.15) is 0 Å². The maximum atomic E-state index is 9.74. The number of hydrogen-bond acceptors (Lipinski definition) is 4. The van der Waals surface area contributed by atoms with E-state index in [2.05, 4.69) is 4.98 Å². The van der Waals surface area contributed by atoms with Crippen molar-refractivity contribution in [1.29, 1.82) is 0 Å². The van der Waals surface area contributed by atoms with Crippen molar-refractivity contribution in [3.8, 4) is 5.75 Å². The molecule has 1 aromatic heterocycles. The second-order valence-corrected chi connectivity index (χ2v) is 5.13. The van der Waals surface area contributed by atoms with Gasteiger partial charge in [-0.3, -0.25) is 0 Å². The molecule has 0 atom stereocenters. The number of phenols is 1. The highest BCUT2D eigenvalue weighted by atomic mass is 32.1. The lowest BCUT2D eigenvalue weighted by molar-refractivity contribution is 0.469. The van der Waals surface area contributed by atoms with Crippen LogP contribution in [0.2, 0.25) is 0 Å². The zero-order valence-electron chi connectivity index (χ0n) is 9.81. The highest BCUT2D eigenvalue weighted by Gasteiger charge is 2.09. The monoisotopic (exact) mass is 248 g/mol. The molecule has 2 rings (SSSR count). The molecule has 0 aliphatic rings. The van der Waals surface area contributed by atoms with E-state index in [9.17, 15) is 5.11 Å². The molecule has 0 bridgehead atoms. The van der Waals surface area contributed by atoms with Crippen molar-refractivity contribution in [2.24, 2.45) is 5.73 Å². The van der Waals surface area contributed by atoms with Gasteiger partial charge < -0.3 is 10.8 Å². The summed E-state index contributed by atoms with van der Waals surface area (Å²) < 4.78 is 0. The predicted molar refractivity (Wildman–Crippen MR) is 70.5 cm³/mol. The fourth-order valence-electron chi connectivity index (χ4n) is 1.72. The quantitative estimate of drug-likeness (QED) is 0.872. The third kappa shape index (κ3) is 2.84. The third-order valence-corrected chi connectivity index (χ3v) is 3.85. The Labute approximate surface area is 105 Å². The molecule has 3 nitrogen and oxygen atoms in total. The van der Waals surface area contributed by atoms with Crippen LogP contribution in [0.15, 0.2) is 24.3 Å². The second-order valence-electron chi connectivity index (χ2n) is 3.96. The summed E-state index contributed by atoms with van der Waals surface area (Å²) in [6, 6.07) is 7.42. The van der Waals surface area contributed by atoms with Crippen LogP contribution in [0.5, 0.6) is 5.75 Å². The van der Waals surface area contributed by atoms with E-state index in [1.807, 2.05) is 25.1 Å². The first-order chi connectivity index (χ1) is 8.20. The zero-order valence-corrected chi connectivity index (χ0v) is 10.6. The van der Waals surface area contributed by atoms with Gasteiger partial charge in [-0.15, -0.1) is 11.3 Å². The van der Waals surface area contributed by atoms with Crippen LogP contribution in [-0.2, 0) is 12.8 Å². The molecule has 0 amide bonds. The smallest absolute Gasteiger partial charge is 0.119 e. The summed E-state index contributed by atoms with van der Waals surface area (Å²) in [5.41, 5.74) is 7.51. The first kappa shape index (κ1) is 12.1. The van der Waals surface area contributed by atoms with Gasteiger partial charge >= 0.3 is 0 Å². The molecule has 0 fully saturated rings. The number of aromatic hydroxyl groups is 1. The molecule has 3 N–H and O–H groups in total. The molecule has 0 spiro atoms. The lowest BCUT2D eigenvalue weighted by Crippen LogP contribution is -2.01. The Morgan fingerprint density at radius 3 is 2.82 bits per heavy atom. The van der Waals surface area contributed by atoms with Gasteiger partial charge in [0.25, 0.3) is 0 Å². The highest BCUT2D eigenvalue weighted by Crippen LogP contribution is 2.25. The van der Waals surface area contributed by atoms with Gasteiger partial charge in [0, 0.05) is 17.7 Å². The molecular weight excluding hydrogens is 232 g/mol. The zero-order chi connectivity index (χ0) is 12.3. The van der Waals surface area contributed by atoms with Gasteiger partial charge in [0.15, 0.2) is 0 Å². The molecule has 0 unspecified atom stereocenters. The van der Waals surface area contributed by atoms with Gasteiger partial charge in [0.05, 0.1) is 10.7 Å². The number of para-hydroxylation sites is 1. The SMILES string of the molecule is Cc1nc(CCN)sc1Cc1ccccc1O. The standard InChI is InChI=1S/C13H16N2OS/c1-9-12(17-13(15-9)6-7-14)8-10-4-2-3-5-11(10)16/h2-5,16H,6-8,14H2,1H3. The summed E-state index contributed by atoms with van der Waals surface area (Å²) in [6.45, 7) is 2.63. The molecule has 0 saturated carbocycles. The Kier molecular flexibility index (Phi) is 3.76. The minimum atomic E-state index is 0.348. The molecule has 2 aromatic rings. The van der Waals surface area contributed by atoms with Crippen molar-refractivity contribution < 1.29 is 5.11 Å². The van der Waals surface area contributed by atoms with E-state index in [0.717, 1.165) is 29.1 Å². The normalized spacial score (nSPS) is 10.7. The Bertz CT molecular complexity index is 508. The first-order valence-electron chi connectivity index (χ1n) is 5.63. The topological polar surface area (TPSA) is 59.1 Å². The third-order valence-electron chi connectivity index (χ3n) is 2.64. The van der Waals surface area contributed by atoms with Crippen molar-refractivity contribution in [2.75, 3.05) is 6.54 Å². The molecule has 0 aliphatic carbocycles. The summed E-state index contributed by atoms with van der Waals surface area (Å²) in [7, 11) is 0. The van der Waals surface area contributed by atoms with Gasteiger partial charge in [0.2, 0.25) is 0 Å². The predicted octanol–water partition coefficient (Wildman–Crippen LogP) is 2.25. The molecule has 90 valence electrons. The Morgan fingerprint density at radius 1 is 1.35 bits per heavy atom.